The van der Waals surface area contributed by atoms with E-state index in [1.54, 1.807) is 16.8 Å². The van der Waals surface area contributed by atoms with Crippen LogP contribution in [0.15, 0.2) is 28.9 Å². The molecular formula is C14H17BrFN3. The van der Waals surface area contributed by atoms with Gasteiger partial charge in [0.1, 0.15) is 5.82 Å². The quantitative estimate of drug-likeness (QED) is 0.918. The summed E-state index contributed by atoms with van der Waals surface area (Å²) >= 11 is 3.34. The third kappa shape index (κ3) is 3.35. The number of nitrogens with one attached hydrogen (secondary N) is 1. The fraction of sp³-hybridized carbons (Fsp3) is 0.357. The lowest BCUT2D eigenvalue weighted by Crippen LogP contribution is -2.04. The van der Waals surface area contributed by atoms with Gasteiger partial charge in [0.05, 0.1) is 11.4 Å². The van der Waals surface area contributed by atoms with Crippen LogP contribution in [0.25, 0.3) is 0 Å². The smallest absolute Gasteiger partial charge is 0.146 e. The van der Waals surface area contributed by atoms with Crippen LogP contribution in [0, 0.1) is 5.82 Å². The largest absolute Gasteiger partial charge is 0.378 e. The summed E-state index contributed by atoms with van der Waals surface area (Å²) in [6.45, 7) is 4.77. The first kappa shape index (κ1) is 14.1. The van der Waals surface area contributed by atoms with Crippen molar-refractivity contribution in [2.45, 2.75) is 26.3 Å². The number of anilines is 1. The molecule has 3 nitrogen and oxygen atoms in total. The Bertz CT molecular complexity index is 578. The van der Waals surface area contributed by atoms with Crippen LogP contribution in [0.2, 0.25) is 0 Å². The van der Waals surface area contributed by atoms with E-state index in [1.807, 2.05) is 13.2 Å². The molecule has 19 heavy (non-hydrogen) atoms. The molecule has 0 aliphatic heterocycles. The van der Waals surface area contributed by atoms with Gasteiger partial charge < -0.3 is 5.32 Å². The maximum absolute atomic E-state index is 13.6. The van der Waals surface area contributed by atoms with Crippen LogP contribution in [0.3, 0.4) is 0 Å². The van der Waals surface area contributed by atoms with E-state index in [4.69, 9.17) is 0 Å². The first-order chi connectivity index (χ1) is 8.97. The van der Waals surface area contributed by atoms with E-state index in [-0.39, 0.29) is 5.82 Å². The molecule has 0 bridgehead atoms. The number of aryl methyl sites for hydroxylation is 1. The van der Waals surface area contributed by atoms with Gasteiger partial charge in [-0.3, -0.25) is 4.68 Å². The van der Waals surface area contributed by atoms with Crippen LogP contribution in [0.1, 0.15) is 31.0 Å². The van der Waals surface area contributed by atoms with Crippen molar-refractivity contribution in [1.29, 1.82) is 0 Å². The first-order valence-corrected chi connectivity index (χ1v) is 6.98. The second kappa shape index (κ2) is 5.74. The van der Waals surface area contributed by atoms with Crippen molar-refractivity contribution in [2.75, 3.05) is 5.32 Å². The number of benzene rings is 1. The Kier molecular flexibility index (Phi) is 4.24. The molecule has 1 aromatic heterocycles. The third-order valence-corrected chi connectivity index (χ3v) is 3.37. The van der Waals surface area contributed by atoms with E-state index in [1.165, 1.54) is 6.07 Å². The summed E-state index contributed by atoms with van der Waals surface area (Å²) in [7, 11) is 1.90. The van der Waals surface area contributed by atoms with Gasteiger partial charge in [0.15, 0.2) is 0 Å². The number of aromatic nitrogens is 2. The van der Waals surface area contributed by atoms with Crippen molar-refractivity contribution in [2.24, 2.45) is 7.05 Å². The highest BCUT2D eigenvalue weighted by Crippen LogP contribution is 2.22. The third-order valence-electron chi connectivity index (χ3n) is 2.88. The van der Waals surface area contributed by atoms with Crippen LogP contribution < -0.4 is 5.32 Å². The van der Waals surface area contributed by atoms with Gasteiger partial charge in [-0.1, -0.05) is 29.8 Å². The highest BCUT2D eigenvalue weighted by Gasteiger charge is 2.11. The Morgan fingerprint density at radius 2 is 2.16 bits per heavy atom. The Labute approximate surface area is 121 Å². The molecule has 0 unspecified atom stereocenters. The van der Waals surface area contributed by atoms with Crippen LogP contribution in [0.4, 0.5) is 10.1 Å². The summed E-state index contributed by atoms with van der Waals surface area (Å²) in [5.74, 6) is 0.101. The monoisotopic (exact) mass is 325 g/mol. The Balaban J connectivity index is 2.16. The number of rotatable bonds is 4. The Morgan fingerprint density at radius 1 is 1.42 bits per heavy atom. The summed E-state index contributed by atoms with van der Waals surface area (Å²) < 4.78 is 16.3. The molecular weight excluding hydrogens is 309 g/mol. The van der Waals surface area contributed by atoms with E-state index in [2.05, 4.69) is 40.2 Å². The van der Waals surface area contributed by atoms with E-state index < -0.39 is 0 Å². The fourth-order valence-electron chi connectivity index (χ4n) is 2.00. The van der Waals surface area contributed by atoms with Crippen molar-refractivity contribution in [1.82, 2.24) is 9.78 Å². The molecule has 0 radical (unpaired) electrons. The molecule has 0 saturated heterocycles. The SMILES string of the molecule is CC(C)c1nn(C)cc1CNc1cc(Br)ccc1F. The fourth-order valence-corrected chi connectivity index (χ4v) is 2.36. The second-order valence-corrected chi connectivity index (χ2v) is 5.76. The maximum Gasteiger partial charge on any atom is 0.146 e. The first-order valence-electron chi connectivity index (χ1n) is 6.18. The summed E-state index contributed by atoms with van der Waals surface area (Å²) in [5, 5.41) is 7.56. The van der Waals surface area contributed by atoms with Gasteiger partial charge in [0.2, 0.25) is 0 Å². The zero-order chi connectivity index (χ0) is 14.0. The molecule has 0 fully saturated rings. The molecule has 0 aliphatic rings. The molecule has 0 spiro atoms. The van der Waals surface area contributed by atoms with Crippen LogP contribution >= 0.6 is 15.9 Å². The van der Waals surface area contributed by atoms with Gasteiger partial charge in [-0.25, -0.2) is 4.39 Å². The lowest BCUT2D eigenvalue weighted by atomic mass is 10.1. The number of nitrogens with zero attached hydrogens (tertiary/aromatic N) is 2. The lowest BCUT2D eigenvalue weighted by molar-refractivity contribution is 0.629. The van der Waals surface area contributed by atoms with Gasteiger partial charge in [-0.2, -0.15) is 5.10 Å². The average Bonchev–Trinajstić information content (AvgIpc) is 2.72. The zero-order valence-electron chi connectivity index (χ0n) is 11.2. The number of hydrogen-bond donors (Lipinski definition) is 1. The molecule has 5 heteroatoms. The summed E-state index contributed by atoms with van der Waals surface area (Å²) in [4.78, 5) is 0. The van der Waals surface area contributed by atoms with Gasteiger partial charge >= 0.3 is 0 Å². The molecule has 102 valence electrons. The minimum absolute atomic E-state index is 0.252. The second-order valence-electron chi connectivity index (χ2n) is 4.85. The van der Waals surface area contributed by atoms with Gasteiger partial charge in [0, 0.05) is 29.8 Å². The topological polar surface area (TPSA) is 29.9 Å². The molecule has 1 N–H and O–H groups in total. The highest BCUT2D eigenvalue weighted by molar-refractivity contribution is 9.10. The number of halogens is 2. The van der Waals surface area contributed by atoms with E-state index >= 15 is 0 Å². The average molecular weight is 326 g/mol. The Morgan fingerprint density at radius 3 is 2.84 bits per heavy atom. The summed E-state index contributed by atoms with van der Waals surface area (Å²) in [6.07, 6.45) is 1.97. The normalized spacial score (nSPS) is 11.1. The molecule has 2 aromatic rings. The van der Waals surface area contributed by atoms with Crippen LogP contribution in [-0.4, -0.2) is 9.78 Å². The minimum Gasteiger partial charge on any atom is -0.378 e. The van der Waals surface area contributed by atoms with Crippen molar-refractivity contribution in [3.8, 4) is 0 Å². The van der Waals surface area contributed by atoms with E-state index in [9.17, 15) is 4.39 Å². The molecule has 2 rings (SSSR count). The summed E-state index contributed by atoms with van der Waals surface area (Å²) in [5.41, 5.74) is 2.63. The zero-order valence-corrected chi connectivity index (χ0v) is 12.8. The molecule has 0 atom stereocenters. The highest BCUT2D eigenvalue weighted by atomic mass is 79.9. The summed E-state index contributed by atoms with van der Waals surface area (Å²) in [6, 6.07) is 4.86. The van der Waals surface area contributed by atoms with Crippen molar-refractivity contribution in [3.63, 3.8) is 0 Å². The maximum atomic E-state index is 13.6. The predicted molar refractivity (Wildman–Crippen MR) is 78.7 cm³/mol. The molecule has 0 aliphatic carbocycles. The lowest BCUT2D eigenvalue weighted by Gasteiger charge is -2.09. The van der Waals surface area contributed by atoms with E-state index in [0.29, 0.717) is 18.2 Å². The van der Waals surface area contributed by atoms with Gasteiger partial charge in [0.25, 0.3) is 0 Å². The van der Waals surface area contributed by atoms with Crippen molar-refractivity contribution >= 4 is 21.6 Å². The van der Waals surface area contributed by atoms with Gasteiger partial charge in [-0.15, -0.1) is 0 Å². The van der Waals surface area contributed by atoms with E-state index in [0.717, 1.165) is 15.7 Å². The predicted octanol–water partition coefficient (Wildman–Crippen LogP) is 4.06. The van der Waals surface area contributed by atoms with Crippen LogP contribution in [-0.2, 0) is 13.6 Å². The van der Waals surface area contributed by atoms with Crippen LogP contribution in [0.5, 0.6) is 0 Å². The van der Waals surface area contributed by atoms with Crippen molar-refractivity contribution in [3.05, 3.63) is 45.9 Å². The standard InChI is InChI=1S/C14H17BrFN3/c1-9(2)14-10(8-19(3)18-14)7-17-13-6-11(15)4-5-12(13)16/h4-6,8-9,17H,7H2,1-3H3. The molecule has 0 amide bonds. The van der Waals surface area contributed by atoms with Gasteiger partial charge in [-0.05, 0) is 24.1 Å². The molecule has 1 heterocycles. The molecule has 0 saturated carbocycles. The molecule has 1 aromatic carbocycles. The number of hydrogen-bond acceptors (Lipinski definition) is 2. The van der Waals surface area contributed by atoms with Crippen molar-refractivity contribution < 1.29 is 4.39 Å². The Hall–Kier alpha value is -1.36. The minimum atomic E-state index is -0.252.